The minimum absolute atomic E-state index is 0.422. The maximum Gasteiger partial charge on any atom is 0.227 e. The molecule has 7 nitrogen and oxygen atoms in total. The summed E-state index contributed by atoms with van der Waals surface area (Å²) < 4.78 is 5.52. The average molecular weight is 507 g/mol. The molecule has 0 aliphatic carbocycles. The van der Waals surface area contributed by atoms with Gasteiger partial charge in [0.2, 0.25) is 5.95 Å². The van der Waals surface area contributed by atoms with Crippen LogP contribution >= 0.6 is 0 Å². The van der Waals surface area contributed by atoms with Gasteiger partial charge in [-0.2, -0.15) is 4.98 Å². The van der Waals surface area contributed by atoms with Crippen molar-refractivity contribution in [1.29, 1.82) is 0 Å². The molecule has 0 spiro atoms. The maximum atomic E-state index is 5.52. The van der Waals surface area contributed by atoms with E-state index in [-0.39, 0.29) is 0 Å². The standard InChI is InChI=1S/C30H46N6O/c1-23(2)35-20-13-27(14-21-35)31-29-24(3)28(32-30(33-29)36-18-10-11-19-36)22-26(25(4)37-5)12-6-7-15-34-16-8-9-17-34/h22-23,27H,4,7-11,13-21H2,1-3,5H3,(H,31,32,33)/b26-22-. The maximum absolute atomic E-state index is 5.52. The highest BCUT2D eigenvalue weighted by Crippen LogP contribution is 2.27. The van der Waals surface area contributed by atoms with E-state index in [0.717, 1.165) is 80.6 Å². The monoisotopic (exact) mass is 506 g/mol. The lowest BCUT2D eigenvalue weighted by atomic mass is 10.0. The summed E-state index contributed by atoms with van der Waals surface area (Å²) in [4.78, 5) is 17.4. The Morgan fingerprint density at radius 3 is 2.41 bits per heavy atom. The molecular formula is C30H46N6O. The van der Waals surface area contributed by atoms with Gasteiger partial charge in [-0.25, -0.2) is 4.98 Å². The second-order valence-corrected chi connectivity index (χ2v) is 10.9. The van der Waals surface area contributed by atoms with Gasteiger partial charge in [0.05, 0.1) is 18.4 Å². The number of aromatic nitrogens is 2. The summed E-state index contributed by atoms with van der Waals surface area (Å²) in [5.41, 5.74) is 2.73. The number of rotatable bonds is 9. The Kier molecular flexibility index (Phi) is 9.88. The quantitative estimate of drug-likeness (QED) is 0.296. The van der Waals surface area contributed by atoms with E-state index in [1.54, 1.807) is 7.11 Å². The number of anilines is 2. The van der Waals surface area contributed by atoms with Gasteiger partial charge in [0, 0.05) is 56.8 Å². The summed E-state index contributed by atoms with van der Waals surface area (Å²) in [5.74, 6) is 9.01. The Balaban J connectivity index is 1.57. The van der Waals surface area contributed by atoms with E-state index >= 15 is 0 Å². The van der Waals surface area contributed by atoms with Gasteiger partial charge in [0.1, 0.15) is 11.6 Å². The van der Waals surface area contributed by atoms with E-state index in [4.69, 9.17) is 14.7 Å². The predicted molar refractivity (Wildman–Crippen MR) is 154 cm³/mol. The van der Waals surface area contributed by atoms with Crippen LogP contribution in [0, 0.1) is 18.8 Å². The molecule has 0 atom stereocenters. The highest BCUT2D eigenvalue weighted by atomic mass is 16.5. The number of hydrogen-bond acceptors (Lipinski definition) is 7. The van der Waals surface area contributed by atoms with Crippen LogP contribution < -0.4 is 10.2 Å². The van der Waals surface area contributed by atoms with Crippen molar-refractivity contribution in [3.8, 4) is 11.8 Å². The van der Waals surface area contributed by atoms with Crippen LogP contribution in [-0.2, 0) is 4.74 Å². The fraction of sp³-hybridized carbons (Fsp3) is 0.667. The molecule has 37 heavy (non-hydrogen) atoms. The first kappa shape index (κ1) is 27.5. The van der Waals surface area contributed by atoms with Crippen LogP contribution in [0.4, 0.5) is 11.8 Å². The van der Waals surface area contributed by atoms with Crippen molar-refractivity contribution in [1.82, 2.24) is 19.8 Å². The molecule has 0 unspecified atom stereocenters. The van der Waals surface area contributed by atoms with Crippen molar-refractivity contribution in [3.05, 3.63) is 29.2 Å². The summed E-state index contributed by atoms with van der Waals surface area (Å²) in [6.45, 7) is 18.5. The second-order valence-electron chi connectivity index (χ2n) is 10.9. The molecule has 202 valence electrons. The Morgan fingerprint density at radius 2 is 1.76 bits per heavy atom. The molecule has 3 saturated heterocycles. The third-order valence-electron chi connectivity index (χ3n) is 7.96. The number of hydrogen-bond donors (Lipinski definition) is 1. The van der Waals surface area contributed by atoms with Crippen LogP contribution in [-0.4, -0.2) is 84.8 Å². The van der Waals surface area contributed by atoms with Gasteiger partial charge >= 0.3 is 0 Å². The Morgan fingerprint density at radius 1 is 1.08 bits per heavy atom. The van der Waals surface area contributed by atoms with E-state index in [1.165, 1.54) is 38.8 Å². The van der Waals surface area contributed by atoms with Crippen LogP contribution in [0.1, 0.15) is 70.1 Å². The van der Waals surface area contributed by atoms with Crippen molar-refractivity contribution < 1.29 is 4.74 Å². The fourth-order valence-corrected chi connectivity index (χ4v) is 5.43. The lowest BCUT2D eigenvalue weighted by Gasteiger charge is -2.35. The molecule has 3 fully saturated rings. The van der Waals surface area contributed by atoms with Crippen LogP contribution in [0.25, 0.3) is 6.08 Å². The van der Waals surface area contributed by atoms with Crippen molar-refractivity contribution in [2.24, 2.45) is 0 Å². The molecule has 1 aromatic heterocycles. The van der Waals surface area contributed by atoms with E-state index < -0.39 is 0 Å². The lowest BCUT2D eigenvalue weighted by molar-refractivity contribution is 0.177. The zero-order valence-corrected chi connectivity index (χ0v) is 23.5. The smallest absolute Gasteiger partial charge is 0.227 e. The topological polar surface area (TPSA) is 56.8 Å². The Labute approximate surface area is 224 Å². The number of nitrogens with one attached hydrogen (secondary N) is 1. The molecular weight excluding hydrogens is 460 g/mol. The molecule has 4 rings (SSSR count). The molecule has 1 aromatic rings. The average Bonchev–Trinajstić information content (AvgIpc) is 3.62. The summed E-state index contributed by atoms with van der Waals surface area (Å²) in [6.07, 6.45) is 10.1. The summed E-state index contributed by atoms with van der Waals surface area (Å²) >= 11 is 0. The Hall–Kier alpha value is -2.56. The molecule has 0 amide bonds. The molecule has 0 saturated carbocycles. The third-order valence-corrected chi connectivity index (χ3v) is 7.96. The normalized spacial score (nSPS) is 19.8. The molecule has 3 aliphatic rings. The van der Waals surface area contributed by atoms with Crippen LogP contribution in [0.5, 0.6) is 0 Å². The van der Waals surface area contributed by atoms with Crippen LogP contribution in [0.3, 0.4) is 0 Å². The second kappa shape index (κ2) is 13.3. The van der Waals surface area contributed by atoms with Crippen molar-refractivity contribution in [2.45, 2.75) is 77.8 Å². The third kappa shape index (κ3) is 7.49. The summed E-state index contributed by atoms with van der Waals surface area (Å²) in [7, 11) is 1.65. The summed E-state index contributed by atoms with van der Waals surface area (Å²) in [6, 6.07) is 1.02. The number of piperidine rings is 1. The van der Waals surface area contributed by atoms with Gasteiger partial charge in [-0.1, -0.05) is 18.4 Å². The SMILES string of the molecule is C=C(OC)/C(C#CCCN1CCCC1)=C\c1nc(N2CCCC2)nc(NC2CCN(C(C)C)CC2)c1C. The van der Waals surface area contributed by atoms with E-state index in [0.29, 0.717) is 17.8 Å². The Bertz CT molecular complexity index is 1000. The molecule has 4 heterocycles. The van der Waals surface area contributed by atoms with Gasteiger partial charge in [-0.05, 0) is 78.5 Å². The molecule has 0 radical (unpaired) electrons. The lowest BCUT2D eigenvalue weighted by Crippen LogP contribution is -2.42. The zero-order chi connectivity index (χ0) is 26.2. The fourth-order valence-electron chi connectivity index (χ4n) is 5.43. The molecule has 3 aliphatic heterocycles. The van der Waals surface area contributed by atoms with Gasteiger partial charge in [-0.3, -0.25) is 0 Å². The van der Waals surface area contributed by atoms with Crippen molar-refractivity contribution in [2.75, 3.05) is 63.1 Å². The molecule has 1 N–H and O–H groups in total. The highest BCUT2D eigenvalue weighted by Gasteiger charge is 2.24. The largest absolute Gasteiger partial charge is 0.496 e. The van der Waals surface area contributed by atoms with Crippen LogP contribution in [0.15, 0.2) is 17.9 Å². The highest BCUT2D eigenvalue weighted by molar-refractivity contribution is 5.68. The first-order valence-electron chi connectivity index (χ1n) is 14.2. The van der Waals surface area contributed by atoms with Crippen LogP contribution in [0.2, 0.25) is 0 Å². The van der Waals surface area contributed by atoms with Crippen molar-refractivity contribution >= 4 is 17.8 Å². The predicted octanol–water partition coefficient (Wildman–Crippen LogP) is 4.70. The molecule has 0 bridgehead atoms. The van der Waals surface area contributed by atoms with E-state index in [1.807, 2.05) is 6.08 Å². The molecule has 7 heteroatoms. The van der Waals surface area contributed by atoms with Gasteiger partial charge in [-0.15, -0.1) is 0 Å². The van der Waals surface area contributed by atoms with Gasteiger partial charge < -0.3 is 24.8 Å². The number of likely N-dealkylation sites (tertiary alicyclic amines) is 2. The minimum Gasteiger partial charge on any atom is -0.496 e. The minimum atomic E-state index is 0.422. The molecule has 0 aromatic carbocycles. The van der Waals surface area contributed by atoms with Crippen molar-refractivity contribution in [3.63, 3.8) is 0 Å². The number of nitrogens with zero attached hydrogens (tertiary/aromatic N) is 5. The van der Waals surface area contributed by atoms with E-state index in [2.05, 4.69) is 59.2 Å². The van der Waals surface area contributed by atoms with Gasteiger partial charge in [0.15, 0.2) is 0 Å². The number of allylic oxidation sites excluding steroid dienone is 1. The first-order chi connectivity index (χ1) is 17.9. The number of methoxy groups -OCH3 is 1. The first-order valence-corrected chi connectivity index (χ1v) is 14.2. The summed E-state index contributed by atoms with van der Waals surface area (Å²) in [5, 5.41) is 3.78. The number of ether oxygens (including phenoxy) is 1. The van der Waals surface area contributed by atoms with Gasteiger partial charge in [0.25, 0.3) is 0 Å². The van der Waals surface area contributed by atoms with E-state index in [9.17, 15) is 0 Å². The zero-order valence-electron chi connectivity index (χ0n) is 23.5.